The van der Waals surface area contributed by atoms with Gasteiger partial charge in [-0.25, -0.2) is 0 Å². The zero-order valence-corrected chi connectivity index (χ0v) is 13.4. The van der Waals surface area contributed by atoms with Gasteiger partial charge in [-0.2, -0.15) is 0 Å². The van der Waals surface area contributed by atoms with E-state index in [0.717, 1.165) is 45.8 Å². The summed E-state index contributed by atoms with van der Waals surface area (Å²) in [6, 6.07) is 0. The molecule has 0 aromatic carbocycles. The van der Waals surface area contributed by atoms with E-state index in [9.17, 15) is 0 Å². The number of hydrogen-bond acceptors (Lipinski definition) is 4. The van der Waals surface area contributed by atoms with Crippen LogP contribution >= 0.6 is 0 Å². The van der Waals surface area contributed by atoms with Crippen LogP contribution in [0, 0.1) is 5.41 Å². The highest BCUT2D eigenvalue weighted by Gasteiger charge is 2.39. The van der Waals surface area contributed by atoms with Crippen LogP contribution in [0.15, 0.2) is 0 Å². The van der Waals surface area contributed by atoms with Gasteiger partial charge in [0.05, 0.1) is 18.3 Å². The minimum atomic E-state index is 0.0699. The number of ether oxygens (including phenoxy) is 3. The van der Waals surface area contributed by atoms with E-state index in [1.54, 1.807) is 7.11 Å². The molecule has 2 fully saturated rings. The van der Waals surface area contributed by atoms with Crippen LogP contribution in [0.1, 0.15) is 46.0 Å². The molecule has 4 heteroatoms. The van der Waals surface area contributed by atoms with Gasteiger partial charge in [-0.1, -0.05) is 0 Å². The Morgan fingerprint density at radius 2 is 1.95 bits per heavy atom. The summed E-state index contributed by atoms with van der Waals surface area (Å²) in [6.07, 6.45) is 6.27. The first-order chi connectivity index (χ1) is 9.55. The number of nitrogens with one attached hydrogen (secondary N) is 1. The average molecular weight is 285 g/mol. The maximum atomic E-state index is 6.21. The van der Waals surface area contributed by atoms with E-state index in [2.05, 4.69) is 19.2 Å². The number of methoxy groups -OCH3 is 1. The Morgan fingerprint density at radius 1 is 1.20 bits per heavy atom. The highest BCUT2D eigenvalue weighted by Crippen LogP contribution is 2.40. The van der Waals surface area contributed by atoms with E-state index >= 15 is 0 Å². The lowest BCUT2D eigenvalue weighted by Crippen LogP contribution is -2.42. The molecular weight excluding hydrogens is 254 g/mol. The highest BCUT2D eigenvalue weighted by molar-refractivity contribution is 4.90. The topological polar surface area (TPSA) is 39.7 Å². The predicted octanol–water partition coefficient (Wildman–Crippen LogP) is 2.37. The molecule has 0 aliphatic carbocycles. The van der Waals surface area contributed by atoms with Gasteiger partial charge in [-0.05, 0) is 51.4 Å². The molecule has 2 aliphatic heterocycles. The van der Waals surface area contributed by atoms with Crippen molar-refractivity contribution in [1.82, 2.24) is 5.32 Å². The fraction of sp³-hybridized carbons (Fsp3) is 1.00. The molecule has 0 radical (unpaired) electrons. The Balaban J connectivity index is 1.86. The summed E-state index contributed by atoms with van der Waals surface area (Å²) in [5.41, 5.74) is 0.414. The summed E-state index contributed by atoms with van der Waals surface area (Å²) in [4.78, 5) is 0. The highest BCUT2D eigenvalue weighted by atomic mass is 16.5. The zero-order chi connectivity index (χ0) is 14.5. The van der Waals surface area contributed by atoms with Gasteiger partial charge in [0.1, 0.15) is 0 Å². The van der Waals surface area contributed by atoms with Gasteiger partial charge in [-0.15, -0.1) is 0 Å². The maximum absolute atomic E-state index is 6.21. The van der Waals surface area contributed by atoms with E-state index in [4.69, 9.17) is 14.2 Å². The summed E-state index contributed by atoms with van der Waals surface area (Å²) in [7, 11) is 1.75. The molecular formula is C16H31NO3. The van der Waals surface area contributed by atoms with Crippen LogP contribution in [-0.2, 0) is 14.2 Å². The molecule has 2 aliphatic rings. The fourth-order valence-corrected chi connectivity index (χ4v) is 3.49. The van der Waals surface area contributed by atoms with E-state index in [-0.39, 0.29) is 5.60 Å². The molecule has 2 heterocycles. The second-order valence-electron chi connectivity index (χ2n) is 7.02. The van der Waals surface area contributed by atoms with Crippen LogP contribution in [0.4, 0.5) is 0 Å². The second kappa shape index (κ2) is 7.21. The number of hydrogen-bond donors (Lipinski definition) is 1. The van der Waals surface area contributed by atoms with Crippen molar-refractivity contribution in [3.05, 3.63) is 0 Å². The minimum absolute atomic E-state index is 0.0699. The van der Waals surface area contributed by atoms with E-state index in [0.29, 0.717) is 11.5 Å². The predicted molar refractivity (Wildman–Crippen MR) is 80.0 cm³/mol. The van der Waals surface area contributed by atoms with Gasteiger partial charge in [0.25, 0.3) is 0 Å². The van der Waals surface area contributed by atoms with Crippen molar-refractivity contribution < 1.29 is 14.2 Å². The third kappa shape index (κ3) is 4.69. The van der Waals surface area contributed by atoms with Gasteiger partial charge in [0.2, 0.25) is 0 Å². The first-order valence-corrected chi connectivity index (χ1v) is 8.01. The van der Waals surface area contributed by atoms with E-state index in [1.165, 1.54) is 19.3 Å². The third-order valence-corrected chi connectivity index (χ3v) is 4.75. The molecule has 1 unspecified atom stereocenters. The maximum Gasteiger partial charge on any atom is 0.0631 e. The second-order valence-corrected chi connectivity index (χ2v) is 7.02. The SMILES string of the molecule is COCCNCC1(CC2CCC(C)(C)O2)CCOCC1. The summed E-state index contributed by atoms with van der Waals surface area (Å²) >= 11 is 0. The molecule has 118 valence electrons. The molecule has 0 amide bonds. The molecule has 20 heavy (non-hydrogen) atoms. The first-order valence-electron chi connectivity index (χ1n) is 8.01. The van der Waals surface area contributed by atoms with Crippen molar-refractivity contribution in [2.45, 2.75) is 57.7 Å². The Morgan fingerprint density at radius 3 is 2.55 bits per heavy atom. The van der Waals surface area contributed by atoms with Gasteiger partial charge < -0.3 is 19.5 Å². The molecule has 1 N–H and O–H groups in total. The minimum Gasteiger partial charge on any atom is -0.383 e. The van der Waals surface area contributed by atoms with Gasteiger partial charge in [0.15, 0.2) is 0 Å². The number of rotatable bonds is 7. The lowest BCUT2D eigenvalue weighted by atomic mass is 9.75. The van der Waals surface area contributed by atoms with Gasteiger partial charge >= 0.3 is 0 Å². The smallest absolute Gasteiger partial charge is 0.0631 e. The summed E-state index contributed by atoms with van der Waals surface area (Å²) in [6.45, 7) is 8.96. The Kier molecular flexibility index (Phi) is 5.84. The summed E-state index contributed by atoms with van der Waals surface area (Å²) in [5, 5.41) is 3.56. The quantitative estimate of drug-likeness (QED) is 0.729. The lowest BCUT2D eigenvalue weighted by molar-refractivity contribution is -0.0584. The fourth-order valence-electron chi connectivity index (χ4n) is 3.49. The molecule has 0 spiro atoms. The largest absolute Gasteiger partial charge is 0.383 e. The van der Waals surface area contributed by atoms with Crippen LogP contribution in [0.25, 0.3) is 0 Å². The van der Waals surface area contributed by atoms with Crippen LogP contribution in [-0.4, -0.2) is 51.7 Å². The van der Waals surface area contributed by atoms with Gasteiger partial charge in [0, 0.05) is 33.4 Å². The molecule has 4 nitrogen and oxygen atoms in total. The van der Waals surface area contributed by atoms with Gasteiger partial charge in [-0.3, -0.25) is 0 Å². The van der Waals surface area contributed by atoms with Crippen molar-refractivity contribution in [3.8, 4) is 0 Å². The van der Waals surface area contributed by atoms with Crippen LogP contribution in [0.3, 0.4) is 0 Å². The molecule has 1 atom stereocenters. The molecule has 2 rings (SSSR count). The molecule has 2 saturated heterocycles. The van der Waals surface area contributed by atoms with Crippen molar-refractivity contribution in [2.24, 2.45) is 5.41 Å². The van der Waals surface area contributed by atoms with Crippen molar-refractivity contribution in [2.75, 3.05) is 40.0 Å². The van der Waals surface area contributed by atoms with Crippen molar-refractivity contribution >= 4 is 0 Å². The van der Waals surface area contributed by atoms with Crippen LogP contribution < -0.4 is 5.32 Å². The van der Waals surface area contributed by atoms with Crippen LogP contribution in [0.2, 0.25) is 0 Å². The summed E-state index contributed by atoms with van der Waals surface area (Å²) < 4.78 is 16.9. The Bertz CT molecular complexity index is 287. The standard InChI is InChI=1S/C16H31NO3/c1-15(2)5-4-14(20-15)12-16(6-9-19-10-7-16)13-17-8-11-18-3/h14,17H,4-13H2,1-3H3. The van der Waals surface area contributed by atoms with E-state index < -0.39 is 0 Å². The van der Waals surface area contributed by atoms with Crippen LogP contribution in [0.5, 0.6) is 0 Å². The van der Waals surface area contributed by atoms with E-state index in [1.807, 2.05) is 0 Å². The molecule has 0 aromatic heterocycles. The van der Waals surface area contributed by atoms with Crippen molar-refractivity contribution in [3.63, 3.8) is 0 Å². The van der Waals surface area contributed by atoms with Crippen molar-refractivity contribution in [1.29, 1.82) is 0 Å². The Labute approximate surface area is 123 Å². The Hall–Kier alpha value is -0.160. The molecule has 0 bridgehead atoms. The first kappa shape index (κ1) is 16.2. The molecule has 0 aromatic rings. The monoisotopic (exact) mass is 285 g/mol. The third-order valence-electron chi connectivity index (χ3n) is 4.75. The normalized spacial score (nSPS) is 28.6. The lowest BCUT2D eigenvalue weighted by Gasteiger charge is -2.39. The molecule has 0 saturated carbocycles. The summed E-state index contributed by atoms with van der Waals surface area (Å²) in [5.74, 6) is 0. The average Bonchev–Trinajstić information content (AvgIpc) is 2.75. The zero-order valence-electron chi connectivity index (χ0n) is 13.4.